The summed E-state index contributed by atoms with van der Waals surface area (Å²) < 4.78 is 0. The van der Waals surface area contributed by atoms with Crippen molar-refractivity contribution in [2.75, 3.05) is 5.32 Å². The number of hydrogen-bond donors (Lipinski definition) is 3. The maximum atomic E-state index is 13.2. The fraction of sp³-hybridized carbons (Fsp3) is 0.500. The van der Waals surface area contributed by atoms with Crippen LogP contribution < -0.4 is 10.6 Å². The fourth-order valence-corrected chi connectivity index (χ4v) is 7.83. The average Bonchev–Trinajstić information content (AvgIpc) is 3.56. The van der Waals surface area contributed by atoms with E-state index in [0.717, 1.165) is 65.6 Å². The topological polar surface area (TPSA) is 86.9 Å². The number of hydrogen-bond acceptors (Lipinski definition) is 3. The van der Waals surface area contributed by atoms with E-state index in [0.29, 0.717) is 23.4 Å². The zero-order valence-electron chi connectivity index (χ0n) is 20.6. The van der Waals surface area contributed by atoms with E-state index in [1.807, 2.05) is 42.5 Å². The molecular formula is C30H34N4O2. The van der Waals surface area contributed by atoms with Crippen molar-refractivity contribution >= 4 is 28.5 Å². The van der Waals surface area contributed by atoms with Crippen molar-refractivity contribution in [1.82, 2.24) is 15.3 Å². The average molecular weight is 483 g/mol. The first-order valence-electron chi connectivity index (χ1n) is 13.8. The molecule has 4 bridgehead atoms. The molecule has 5 saturated carbocycles. The number of imidazole rings is 1. The molecule has 0 unspecified atom stereocenters. The molecule has 2 aromatic carbocycles. The highest BCUT2D eigenvalue weighted by Crippen LogP contribution is 2.53. The highest BCUT2D eigenvalue weighted by atomic mass is 16.2. The lowest BCUT2D eigenvalue weighted by molar-refractivity contribution is -0.119. The predicted molar refractivity (Wildman–Crippen MR) is 140 cm³/mol. The first-order chi connectivity index (χ1) is 17.6. The van der Waals surface area contributed by atoms with E-state index in [-0.39, 0.29) is 17.7 Å². The van der Waals surface area contributed by atoms with Crippen LogP contribution in [0.15, 0.2) is 42.5 Å². The van der Waals surface area contributed by atoms with Crippen LogP contribution in [0.1, 0.15) is 68.1 Å². The van der Waals surface area contributed by atoms with Gasteiger partial charge in [0.25, 0.3) is 5.91 Å². The van der Waals surface area contributed by atoms with Crippen LogP contribution in [-0.4, -0.2) is 27.8 Å². The van der Waals surface area contributed by atoms with Crippen molar-refractivity contribution < 1.29 is 9.59 Å². The Morgan fingerprint density at radius 2 is 1.56 bits per heavy atom. The lowest BCUT2D eigenvalue weighted by Crippen LogP contribution is -2.55. The molecule has 0 saturated heterocycles. The molecule has 5 aliphatic rings. The number of benzene rings is 2. The van der Waals surface area contributed by atoms with E-state index in [9.17, 15) is 9.59 Å². The quantitative estimate of drug-likeness (QED) is 0.422. The second-order valence-corrected chi connectivity index (χ2v) is 11.8. The first kappa shape index (κ1) is 22.1. The third-order valence-corrected chi connectivity index (χ3v) is 9.42. The largest absolute Gasteiger partial charge is 0.349 e. The van der Waals surface area contributed by atoms with Crippen LogP contribution in [-0.2, 0) is 4.79 Å². The van der Waals surface area contributed by atoms with Gasteiger partial charge in [-0.3, -0.25) is 9.59 Å². The molecular weight excluding hydrogens is 448 g/mol. The minimum atomic E-state index is 0.0351. The molecule has 186 valence electrons. The number of aromatic nitrogens is 2. The second kappa shape index (κ2) is 8.75. The van der Waals surface area contributed by atoms with E-state index in [4.69, 9.17) is 4.98 Å². The number of nitrogens with one attached hydrogen (secondary N) is 3. The highest BCUT2D eigenvalue weighted by Gasteiger charge is 2.48. The number of carbonyl (C=O) groups is 2. The number of aromatic amines is 1. The van der Waals surface area contributed by atoms with Gasteiger partial charge in [0.15, 0.2) is 0 Å². The van der Waals surface area contributed by atoms with Gasteiger partial charge in [0, 0.05) is 28.8 Å². The minimum absolute atomic E-state index is 0.0351. The van der Waals surface area contributed by atoms with Crippen LogP contribution in [0.3, 0.4) is 0 Å². The third-order valence-electron chi connectivity index (χ3n) is 9.42. The molecule has 1 heterocycles. The van der Waals surface area contributed by atoms with Gasteiger partial charge in [0.2, 0.25) is 5.91 Å². The second-order valence-electron chi connectivity index (χ2n) is 11.8. The monoisotopic (exact) mass is 482 g/mol. The van der Waals surface area contributed by atoms with Gasteiger partial charge >= 0.3 is 0 Å². The summed E-state index contributed by atoms with van der Waals surface area (Å²) in [6.07, 6.45) is 10.9. The number of nitrogens with zero attached hydrogens (tertiary/aromatic N) is 1. The lowest BCUT2D eigenvalue weighted by Gasteiger charge is -2.54. The van der Waals surface area contributed by atoms with Crippen molar-refractivity contribution in [1.29, 1.82) is 0 Å². The molecule has 6 nitrogen and oxygen atoms in total. The van der Waals surface area contributed by atoms with Gasteiger partial charge in [-0.1, -0.05) is 12.8 Å². The van der Waals surface area contributed by atoms with Crippen LogP contribution in [0.25, 0.3) is 22.4 Å². The Hall–Kier alpha value is -3.15. The van der Waals surface area contributed by atoms with Crippen molar-refractivity contribution in [3.05, 3.63) is 48.0 Å². The molecule has 0 atom stereocenters. The van der Waals surface area contributed by atoms with E-state index in [2.05, 4.69) is 15.6 Å². The Labute approximate surface area is 211 Å². The van der Waals surface area contributed by atoms with Crippen LogP contribution >= 0.6 is 0 Å². The summed E-state index contributed by atoms with van der Waals surface area (Å²) in [6.45, 7) is 0. The molecule has 36 heavy (non-hydrogen) atoms. The maximum Gasteiger partial charge on any atom is 0.251 e. The number of amides is 2. The summed E-state index contributed by atoms with van der Waals surface area (Å²) in [6, 6.07) is 13.9. The van der Waals surface area contributed by atoms with Crippen LogP contribution in [0.5, 0.6) is 0 Å². The summed E-state index contributed by atoms with van der Waals surface area (Å²) in [7, 11) is 0. The van der Waals surface area contributed by atoms with E-state index < -0.39 is 0 Å². The molecule has 3 aromatic rings. The summed E-state index contributed by atoms with van der Waals surface area (Å²) in [5.41, 5.74) is 4.16. The Kier molecular flexibility index (Phi) is 5.37. The zero-order chi connectivity index (χ0) is 24.2. The highest BCUT2D eigenvalue weighted by molar-refractivity contribution is 5.98. The lowest BCUT2D eigenvalue weighted by atomic mass is 9.54. The van der Waals surface area contributed by atoms with Gasteiger partial charge in [-0.2, -0.15) is 0 Å². The Morgan fingerprint density at radius 1 is 0.861 bits per heavy atom. The van der Waals surface area contributed by atoms with Gasteiger partial charge in [-0.15, -0.1) is 0 Å². The van der Waals surface area contributed by atoms with Gasteiger partial charge in [-0.05, 0) is 111 Å². The summed E-state index contributed by atoms with van der Waals surface area (Å²) in [5.74, 6) is 4.21. The molecule has 1 aromatic heterocycles. The summed E-state index contributed by atoms with van der Waals surface area (Å²) in [5, 5.41) is 6.46. The molecule has 5 aliphatic carbocycles. The van der Waals surface area contributed by atoms with Crippen molar-refractivity contribution in [2.45, 2.75) is 63.8 Å². The van der Waals surface area contributed by atoms with Crippen molar-refractivity contribution in [3.8, 4) is 11.4 Å². The normalized spacial score (nSPS) is 29.1. The van der Waals surface area contributed by atoms with Gasteiger partial charge in [-0.25, -0.2) is 4.98 Å². The fourth-order valence-electron chi connectivity index (χ4n) is 7.83. The van der Waals surface area contributed by atoms with Crippen LogP contribution in [0, 0.1) is 29.6 Å². The third kappa shape index (κ3) is 4.00. The molecule has 2 amide bonds. The van der Waals surface area contributed by atoms with E-state index >= 15 is 0 Å². The molecule has 8 rings (SSSR count). The summed E-state index contributed by atoms with van der Waals surface area (Å²) >= 11 is 0. The zero-order valence-corrected chi connectivity index (χ0v) is 20.6. The number of anilines is 1. The maximum absolute atomic E-state index is 13.2. The van der Waals surface area contributed by atoms with Gasteiger partial charge < -0.3 is 15.6 Å². The molecule has 0 radical (unpaired) electrons. The van der Waals surface area contributed by atoms with E-state index in [1.165, 1.54) is 32.1 Å². The first-order valence-corrected chi connectivity index (χ1v) is 13.8. The van der Waals surface area contributed by atoms with Crippen LogP contribution in [0.2, 0.25) is 0 Å². The Morgan fingerprint density at radius 3 is 2.25 bits per heavy atom. The van der Waals surface area contributed by atoms with Crippen molar-refractivity contribution in [2.24, 2.45) is 29.6 Å². The van der Waals surface area contributed by atoms with Crippen LogP contribution in [0.4, 0.5) is 5.69 Å². The van der Waals surface area contributed by atoms with E-state index in [1.54, 1.807) is 0 Å². The van der Waals surface area contributed by atoms with Gasteiger partial charge in [0.1, 0.15) is 5.82 Å². The smallest absolute Gasteiger partial charge is 0.251 e. The number of H-pyrrole nitrogens is 1. The number of rotatable bonds is 5. The molecule has 0 spiro atoms. The molecule has 3 N–H and O–H groups in total. The minimum Gasteiger partial charge on any atom is -0.349 e. The Bertz CT molecular complexity index is 1280. The van der Waals surface area contributed by atoms with Crippen molar-refractivity contribution in [3.63, 3.8) is 0 Å². The van der Waals surface area contributed by atoms with Gasteiger partial charge in [0.05, 0.1) is 11.0 Å². The SMILES string of the molecule is O=C(NC1C2CC3CC(C2)CC1C3)c1ccc2nc(-c3ccc(NC(=O)C4CCCC4)cc3)[nH]c2c1. The molecule has 6 heteroatoms. The molecule has 0 aliphatic heterocycles. The number of carbonyl (C=O) groups excluding carboxylic acids is 2. The predicted octanol–water partition coefficient (Wildman–Crippen LogP) is 5.91. The summed E-state index contributed by atoms with van der Waals surface area (Å²) in [4.78, 5) is 33.7. The standard InChI is InChI=1S/C30H34N4O2/c35-29(20-3-1-2-4-20)31-24-8-5-19(6-9-24)28-32-25-10-7-21(16-26(25)33-28)30(36)34-27-22-12-17-11-18(14-22)15-23(27)13-17/h5-10,16-18,20,22-23,27H,1-4,11-15H2,(H,31,35)(H,32,33)(H,34,36). The Balaban J connectivity index is 1.05. The number of fused-ring (bicyclic) bond motifs is 1. The molecule has 5 fully saturated rings.